The molecule has 0 saturated carbocycles. The molecule has 182 valence electrons. The molecule has 0 aliphatic rings. The van der Waals surface area contributed by atoms with Crippen molar-refractivity contribution in [2.24, 2.45) is 0 Å². The second-order valence-electron chi connectivity index (χ2n) is 9.53. The summed E-state index contributed by atoms with van der Waals surface area (Å²) in [5.74, 6) is 0. The van der Waals surface area contributed by atoms with Gasteiger partial charge in [0.05, 0.1) is 12.7 Å². The number of rotatable bonds is 25. The van der Waals surface area contributed by atoms with Gasteiger partial charge >= 0.3 is 0 Å². The van der Waals surface area contributed by atoms with E-state index in [1.165, 1.54) is 128 Å². The highest BCUT2D eigenvalue weighted by Gasteiger charge is 2.13. The van der Waals surface area contributed by atoms with Crippen LogP contribution in [0.3, 0.4) is 0 Å². The van der Waals surface area contributed by atoms with Crippen LogP contribution >= 0.6 is 0 Å². The number of aliphatic hydroxyl groups excluding tert-OH is 3. The average molecular weight is 429 g/mol. The predicted molar refractivity (Wildman–Crippen MR) is 131 cm³/mol. The third kappa shape index (κ3) is 22.6. The summed E-state index contributed by atoms with van der Waals surface area (Å²) < 4.78 is 0. The first kappa shape index (κ1) is 29.9. The summed E-state index contributed by atoms with van der Waals surface area (Å²) in [4.78, 5) is 0. The minimum Gasteiger partial charge on any atom is -0.394 e. The fraction of sp³-hybridized carbons (Fsp3) is 1.00. The summed E-state index contributed by atoms with van der Waals surface area (Å²) in [5, 5.41) is 27.6. The lowest BCUT2D eigenvalue weighted by Crippen LogP contribution is -2.28. The van der Waals surface area contributed by atoms with Gasteiger partial charge in [-0.2, -0.15) is 0 Å². The molecule has 2 atom stereocenters. The molecule has 0 rings (SSSR count). The van der Waals surface area contributed by atoms with E-state index in [4.69, 9.17) is 5.11 Å². The maximum atomic E-state index is 9.57. The highest BCUT2D eigenvalue weighted by atomic mass is 16.4. The highest BCUT2D eigenvalue weighted by molar-refractivity contribution is 4.65. The molecule has 30 heavy (non-hydrogen) atoms. The molecule has 0 unspecified atom stereocenters. The van der Waals surface area contributed by atoms with E-state index in [0.717, 1.165) is 12.8 Å². The quantitative estimate of drug-likeness (QED) is 0.131. The molecule has 0 aliphatic heterocycles. The van der Waals surface area contributed by atoms with Crippen molar-refractivity contribution in [1.82, 2.24) is 0 Å². The molecule has 3 heteroatoms. The fourth-order valence-corrected chi connectivity index (χ4v) is 4.28. The molecule has 0 saturated heterocycles. The van der Waals surface area contributed by atoms with E-state index >= 15 is 0 Å². The van der Waals surface area contributed by atoms with Gasteiger partial charge < -0.3 is 15.3 Å². The second-order valence-corrected chi connectivity index (χ2v) is 9.53. The predicted octanol–water partition coefficient (Wildman–Crippen LogP) is 7.69. The summed E-state index contributed by atoms with van der Waals surface area (Å²) in [7, 11) is 0. The van der Waals surface area contributed by atoms with Crippen LogP contribution in [0.4, 0.5) is 0 Å². The Morgan fingerprint density at radius 3 is 0.933 bits per heavy atom. The van der Waals surface area contributed by atoms with E-state index in [1.54, 1.807) is 0 Å². The number of hydrogen-bond donors (Lipinski definition) is 3. The van der Waals surface area contributed by atoms with E-state index in [9.17, 15) is 10.2 Å². The molecular weight excluding hydrogens is 372 g/mol. The third-order valence-electron chi connectivity index (χ3n) is 6.48. The number of aliphatic hydroxyl groups is 3. The van der Waals surface area contributed by atoms with Gasteiger partial charge in [0, 0.05) is 0 Å². The van der Waals surface area contributed by atoms with E-state index in [0.29, 0.717) is 6.42 Å². The highest BCUT2D eigenvalue weighted by Crippen LogP contribution is 2.15. The lowest BCUT2D eigenvalue weighted by Gasteiger charge is -2.14. The standard InChI is InChI=1S/C27H56O3/c1-2-3-4-5-6-7-8-9-10-11-12-13-14-15-16-17-18-19-20-21-22-23-24-26(29)27(30)25-28/h26-30H,2-25H2,1H3/t26-,27+/m0/s1. The van der Waals surface area contributed by atoms with Crippen LogP contribution in [0.1, 0.15) is 155 Å². The molecule has 0 spiro atoms. The Labute approximate surface area is 189 Å². The monoisotopic (exact) mass is 428 g/mol. The van der Waals surface area contributed by atoms with Gasteiger partial charge in [0.15, 0.2) is 0 Å². The van der Waals surface area contributed by atoms with Gasteiger partial charge in [0.25, 0.3) is 0 Å². The van der Waals surface area contributed by atoms with Crippen molar-refractivity contribution in [3.05, 3.63) is 0 Å². The average Bonchev–Trinajstić information content (AvgIpc) is 2.76. The number of hydrogen-bond acceptors (Lipinski definition) is 3. The molecule has 3 nitrogen and oxygen atoms in total. The lowest BCUT2D eigenvalue weighted by atomic mass is 10.0. The Bertz CT molecular complexity index is 308. The van der Waals surface area contributed by atoms with Crippen LogP contribution < -0.4 is 0 Å². The largest absolute Gasteiger partial charge is 0.394 e. The first-order valence-corrected chi connectivity index (χ1v) is 13.7. The third-order valence-corrected chi connectivity index (χ3v) is 6.48. The fourth-order valence-electron chi connectivity index (χ4n) is 4.28. The van der Waals surface area contributed by atoms with E-state index in [2.05, 4.69) is 6.92 Å². The van der Waals surface area contributed by atoms with Crippen LogP contribution in [0, 0.1) is 0 Å². The minimum absolute atomic E-state index is 0.347. The summed E-state index contributed by atoms with van der Waals surface area (Å²) >= 11 is 0. The van der Waals surface area contributed by atoms with Crippen molar-refractivity contribution < 1.29 is 15.3 Å². The molecule has 0 heterocycles. The molecular formula is C27H56O3. The SMILES string of the molecule is CCCCCCCCCCCCCCCCCCCCCCCC[C@H](O)[C@H](O)CO. The van der Waals surface area contributed by atoms with Crippen molar-refractivity contribution in [2.45, 2.75) is 167 Å². The Morgan fingerprint density at radius 1 is 0.400 bits per heavy atom. The summed E-state index contributed by atoms with van der Waals surface area (Å²) in [5.41, 5.74) is 0. The van der Waals surface area contributed by atoms with E-state index in [-0.39, 0.29) is 6.61 Å². The second kappa shape index (κ2) is 25.1. The molecule has 0 aromatic heterocycles. The van der Waals surface area contributed by atoms with Crippen molar-refractivity contribution in [2.75, 3.05) is 6.61 Å². The summed E-state index contributed by atoms with van der Waals surface area (Å²) in [6.45, 7) is 1.94. The molecule has 0 fully saturated rings. The van der Waals surface area contributed by atoms with Crippen LogP contribution in [0.5, 0.6) is 0 Å². The molecule has 0 aliphatic carbocycles. The molecule has 0 bridgehead atoms. The van der Waals surface area contributed by atoms with Crippen LogP contribution in [-0.2, 0) is 0 Å². The van der Waals surface area contributed by atoms with Crippen LogP contribution in [-0.4, -0.2) is 34.1 Å². The van der Waals surface area contributed by atoms with Crippen LogP contribution in [0.25, 0.3) is 0 Å². The Morgan fingerprint density at radius 2 is 0.667 bits per heavy atom. The summed E-state index contributed by atoms with van der Waals surface area (Å²) in [6.07, 6.45) is 29.1. The van der Waals surface area contributed by atoms with Crippen molar-refractivity contribution in [3.8, 4) is 0 Å². The van der Waals surface area contributed by atoms with Crippen LogP contribution in [0.15, 0.2) is 0 Å². The Kier molecular flexibility index (Phi) is 25.0. The van der Waals surface area contributed by atoms with Crippen molar-refractivity contribution in [3.63, 3.8) is 0 Å². The smallest absolute Gasteiger partial charge is 0.103 e. The van der Waals surface area contributed by atoms with Crippen molar-refractivity contribution >= 4 is 0 Å². The Hall–Kier alpha value is -0.120. The topological polar surface area (TPSA) is 60.7 Å². The minimum atomic E-state index is -0.972. The Balaban J connectivity index is 3.07. The zero-order chi connectivity index (χ0) is 22.1. The van der Waals surface area contributed by atoms with E-state index < -0.39 is 12.2 Å². The number of unbranched alkanes of at least 4 members (excludes halogenated alkanes) is 21. The van der Waals surface area contributed by atoms with Gasteiger partial charge in [-0.05, 0) is 6.42 Å². The molecule has 0 radical (unpaired) electrons. The normalized spacial score (nSPS) is 13.6. The molecule has 3 N–H and O–H groups in total. The molecule has 0 amide bonds. The molecule has 0 aromatic carbocycles. The zero-order valence-electron chi connectivity index (χ0n) is 20.5. The maximum absolute atomic E-state index is 9.57. The first-order valence-electron chi connectivity index (χ1n) is 13.7. The van der Waals surface area contributed by atoms with Crippen molar-refractivity contribution in [1.29, 1.82) is 0 Å². The zero-order valence-corrected chi connectivity index (χ0v) is 20.5. The van der Waals surface area contributed by atoms with E-state index in [1.807, 2.05) is 0 Å². The van der Waals surface area contributed by atoms with Crippen LogP contribution in [0.2, 0.25) is 0 Å². The lowest BCUT2D eigenvalue weighted by molar-refractivity contribution is -0.0185. The van der Waals surface area contributed by atoms with Gasteiger partial charge in [0.2, 0.25) is 0 Å². The molecule has 0 aromatic rings. The van der Waals surface area contributed by atoms with Gasteiger partial charge in [-0.15, -0.1) is 0 Å². The summed E-state index contributed by atoms with van der Waals surface area (Å²) in [6, 6.07) is 0. The first-order chi connectivity index (χ1) is 14.7. The van der Waals surface area contributed by atoms with Gasteiger partial charge in [-0.25, -0.2) is 0 Å². The van der Waals surface area contributed by atoms with Gasteiger partial charge in [-0.3, -0.25) is 0 Å². The maximum Gasteiger partial charge on any atom is 0.103 e. The van der Waals surface area contributed by atoms with Gasteiger partial charge in [-0.1, -0.05) is 148 Å². The van der Waals surface area contributed by atoms with Gasteiger partial charge in [0.1, 0.15) is 6.10 Å².